The van der Waals surface area contributed by atoms with Gasteiger partial charge >= 0.3 is 0 Å². The highest BCUT2D eigenvalue weighted by Gasteiger charge is 2.12. The fraction of sp³-hybridized carbons (Fsp3) is 0.455. The highest BCUT2D eigenvalue weighted by Crippen LogP contribution is 2.31. The first-order valence-electron chi connectivity index (χ1n) is 4.79. The third-order valence-electron chi connectivity index (χ3n) is 2.19. The highest BCUT2D eigenvalue weighted by molar-refractivity contribution is 5.43. The van der Waals surface area contributed by atoms with Gasteiger partial charge in [-0.15, -0.1) is 0 Å². The van der Waals surface area contributed by atoms with E-state index in [1.165, 1.54) is 7.11 Å². The van der Waals surface area contributed by atoms with E-state index in [0.717, 1.165) is 0 Å². The average molecular weight is 213 g/mol. The monoisotopic (exact) mass is 213 g/mol. The van der Waals surface area contributed by atoms with Crippen LogP contribution >= 0.6 is 0 Å². The molecular weight excluding hydrogens is 197 g/mol. The van der Waals surface area contributed by atoms with E-state index >= 15 is 0 Å². The molecule has 2 N–H and O–H groups in total. The van der Waals surface area contributed by atoms with Crippen LogP contribution in [-0.4, -0.2) is 20.8 Å². The fourth-order valence-electron chi connectivity index (χ4n) is 1.36. The lowest BCUT2D eigenvalue weighted by atomic mass is 10.1. The van der Waals surface area contributed by atoms with E-state index in [1.807, 2.05) is 0 Å². The Labute approximate surface area is 89.0 Å². The van der Waals surface area contributed by atoms with Gasteiger partial charge in [-0.25, -0.2) is 4.39 Å². The number of alkyl halides is 1. The van der Waals surface area contributed by atoms with Crippen molar-refractivity contribution in [2.75, 3.05) is 20.8 Å². The van der Waals surface area contributed by atoms with Gasteiger partial charge in [0.2, 0.25) is 0 Å². The number of rotatable bonds is 5. The molecule has 1 aromatic rings. The van der Waals surface area contributed by atoms with Crippen molar-refractivity contribution in [3.05, 3.63) is 23.8 Å². The van der Waals surface area contributed by atoms with Crippen LogP contribution in [0.2, 0.25) is 0 Å². The fourth-order valence-corrected chi connectivity index (χ4v) is 1.36. The van der Waals surface area contributed by atoms with Crippen LogP contribution in [0.3, 0.4) is 0 Å². The van der Waals surface area contributed by atoms with Crippen LogP contribution in [0.1, 0.15) is 18.2 Å². The van der Waals surface area contributed by atoms with Crippen LogP contribution < -0.4 is 15.2 Å². The molecule has 0 saturated carbocycles. The van der Waals surface area contributed by atoms with Crippen LogP contribution in [0.4, 0.5) is 4.39 Å². The van der Waals surface area contributed by atoms with Gasteiger partial charge in [0.25, 0.3) is 0 Å². The van der Waals surface area contributed by atoms with Crippen molar-refractivity contribution < 1.29 is 13.9 Å². The SMILES string of the molecule is COc1ccc(C(F)CCN)cc1OC. The Hall–Kier alpha value is -1.29. The predicted octanol–water partition coefficient (Wildman–Crippen LogP) is 2.06. The topological polar surface area (TPSA) is 44.5 Å². The zero-order chi connectivity index (χ0) is 11.3. The quantitative estimate of drug-likeness (QED) is 0.814. The molecule has 0 radical (unpaired) electrons. The van der Waals surface area contributed by atoms with Crippen molar-refractivity contribution in [2.24, 2.45) is 5.73 Å². The molecule has 1 unspecified atom stereocenters. The summed E-state index contributed by atoms with van der Waals surface area (Å²) in [5, 5.41) is 0. The van der Waals surface area contributed by atoms with E-state index in [-0.39, 0.29) is 0 Å². The normalized spacial score (nSPS) is 12.3. The maximum Gasteiger partial charge on any atom is 0.161 e. The molecule has 15 heavy (non-hydrogen) atoms. The zero-order valence-electron chi connectivity index (χ0n) is 9.00. The summed E-state index contributed by atoms with van der Waals surface area (Å²) in [6.07, 6.45) is -0.732. The number of nitrogens with two attached hydrogens (primary N) is 1. The second-order valence-corrected chi connectivity index (χ2v) is 3.16. The summed E-state index contributed by atoms with van der Waals surface area (Å²) in [6.45, 7) is 0.329. The number of halogens is 1. The molecule has 84 valence electrons. The molecule has 0 fully saturated rings. The number of ether oxygens (including phenoxy) is 2. The molecule has 0 amide bonds. The van der Waals surface area contributed by atoms with E-state index < -0.39 is 6.17 Å². The minimum Gasteiger partial charge on any atom is -0.493 e. The van der Waals surface area contributed by atoms with E-state index in [2.05, 4.69) is 0 Å². The Morgan fingerprint density at radius 3 is 2.47 bits per heavy atom. The first kappa shape index (κ1) is 11.8. The lowest BCUT2D eigenvalue weighted by molar-refractivity contribution is 0.322. The highest BCUT2D eigenvalue weighted by atomic mass is 19.1. The van der Waals surface area contributed by atoms with Crippen molar-refractivity contribution in [1.82, 2.24) is 0 Å². The van der Waals surface area contributed by atoms with E-state index in [4.69, 9.17) is 15.2 Å². The lowest BCUT2D eigenvalue weighted by Crippen LogP contribution is -2.04. The first-order valence-corrected chi connectivity index (χ1v) is 4.79. The Morgan fingerprint density at radius 1 is 1.27 bits per heavy atom. The second-order valence-electron chi connectivity index (χ2n) is 3.16. The van der Waals surface area contributed by atoms with Crippen molar-refractivity contribution in [2.45, 2.75) is 12.6 Å². The van der Waals surface area contributed by atoms with Gasteiger partial charge in [-0.3, -0.25) is 0 Å². The molecule has 0 bridgehead atoms. The van der Waals surface area contributed by atoms with Crippen molar-refractivity contribution in [3.63, 3.8) is 0 Å². The van der Waals surface area contributed by atoms with E-state index in [1.54, 1.807) is 25.3 Å². The summed E-state index contributed by atoms with van der Waals surface area (Å²) in [5.74, 6) is 1.14. The number of methoxy groups -OCH3 is 2. The van der Waals surface area contributed by atoms with Gasteiger partial charge in [0.1, 0.15) is 6.17 Å². The lowest BCUT2D eigenvalue weighted by Gasteiger charge is -2.11. The smallest absolute Gasteiger partial charge is 0.161 e. The Kier molecular flexibility index (Phi) is 4.37. The summed E-state index contributed by atoms with van der Waals surface area (Å²) < 4.78 is 23.7. The van der Waals surface area contributed by atoms with Crippen molar-refractivity contribution in [3.8, 4) is 11.5 Å². The van der Waals surface area contributed by atoms with Crippen LogP contribution in [0, 0.1) is 0 Å². The Balaban J connectivity index is 2.92. The molecule has 1 aromatic carbocycles. The predicted molar refractivity (Wildman–Crippen MR) is 57.1 cm³/mol. The molecule has 0 aromatic heterocycles. The van der Waals surface area contributed by atoms with Crippen molar-refractivity contribution in [1.29, 1.82) is 0 Å². The summed E-state index contributed by atoms with van der Waals surface area (Å²) in [6, 6.07) is 5.01. The molecule has 0 aliphatic rings. The third kappa shape index (κ3) is 2.83. The summed E-state index contributed by atoms with van der Waals surface area (Å²) in [7, 11) is 3.07. The van der Waals surface area contributed by atoms with Crippen LogP contribution in [0.25, 0.3) is 0 Å². The molecule has 1 atom stereocenters. The molecule has 1 rings (SSSR count). The summed E-state index contributed by atoms with van der Waals surface area (Å²) in [4.78, 5) is 0. The second kappa shape index (κ2) is 5.56. The summed E-state index contributed by atoms with van der Waals surface area (Å²) >= 11 is 0. The molecule has 0 aliphatic carbocycles. The minimum atomic E-state index is -1.05. The first-order chi connectivity index (χ1) is 7.22. The minimum absolute atomic E-state index is 0.315. The molecule has 3 nitrogen and oxygen atoms in total. The maximum absolute atomic E-state index is 13.5. The maximum atomic E-state index is 13.5. The van der Waals surface area contributed by atoms with Crippen LogP contribution in [0.5, 0.6) is 11.5 Å². The van der Waals surface area contributed by atoms with Gasteiger partial charge in [0.15, 0.2) is 11.5 Å². The van der Waals surface area contributed by atoms with Crippen LogP contribution in [-0.2, 0) is 0 Å². The molecule has 0 heterocycles. The van der Waals surface area contributed by atoms with Crippen molar-refractivity contribution >= 4 is 0 Å². The van der Waals surface area contributed by atoms with E-state index in [9.17, 15) is 4.39 Å². The standard InChI is InChI=1S/C11H16FNO2/c1-14-10-4-3-8(7-11(10)15-2)9(12)5-6-13/h3-4,7,9H,5-6,13H2,1-2H3. The van der Waals surface area contributed by atoms with Gasteiger partial charge in [0.05, 0.1) is 14.2 Å². The van der Waals surface area contributed by atoms with Gasteiger partial charge in [0, 0.05) is 0 Å². The number of hydrogen-bond donors (Lipinski definition) is 1. The van der Waals surface area contributed by atoms with Crippen LogP contribution in [0.15, 0.2) is 18.2 Å². The molecule has 0 aliphatic heterocycles. The molecule has 4 heteroatoms. The Morgan fingerprint density at radius 2 is 1.93 bits per heavy atom. The molecular formula is C11H16FNO2. The van der Waals surface area contributed by atoms with E-state index in [0.29, 0.717) is 30.0 Å². The van der Waals surface area contributed by atoms with Gasteiger partial charge in [-0.2, -0.15) is 0 Å². The third-order valence-corrected chi connectivity index (χ3v) is 2.19. The largest absolute Gasteiger partial charge is 0.493 e. The van der Waals surface area contributed by atoms with Gasteiger partial charge in [-0.05, 0) is 30.7 Å². The Bertz CT molecular complexity index is 317. The summed E-state index contributed by atoms with van der Waals surface area (Å²) in [5.41, 5.74) is 5.87. The van der Waals surface area contributed by atoms with Gasteiger partial charge < -0.3 is 15.2 Å². The zero-order valence-corrected chi connectivity index (χ0v) is 9.00. The molecule has 0 saturated heterocycles. The average Bonchev–Trinajstić information content (AvgIpc) is 2.28. The number of hydrogen-bond acceptors (Lipinski definition) is 3. The number of benzene rings is 1. The van der Waals surface area contributed by atoms with Gasteiger partial charge in [-0.1, -0.05) is 6.07 Å². The molecule has 0 spiro atoms.